The maximum Gasteiger partial charge on any atom is 0.490 e. The molecule has 2 amide bonds. The molecule has 222 valence electrons. The SMILES string of the molecule is O=C(O)C(F)(F)F.O=C1c2cccc3c(NC4CCN(Cc5ccccc5)CC4)ccc(c23)C(=O)N1c1cccc(Br)c1. The Morgan fingerprint density at radius 1 is 0.884 bits per heavy atom. The molecule has 4 aromatic rings. The summed E-state index contributed by atoms with van der Waals surface area (Å²) in [5.41, 5.74) is 4.01. The van der Waals surface area contributed by atoms with Gasteiger partial charge in [-0.25, -0.2) is 9.69 Å². The fraction of sp³-hybridized carbons (Fsp3) is 0.219. The van der Waals surface area contributed by atoms with Crippen LogP contribution in [0.15, 0.2) is 89.4 Å². The van der Waals surface area contributed by atoms with Crippen LogP contribution < -0.4 is 10.2 Å². The number of carboxylic acid groups (broad SMARTS) is 1. The summed E-state index contributed by atoms with van der Waals surface area (Å²) in [6.07, 6.45) is -2.99. The first kappa shape index (κ1) is 30.2. The third kappa shape index (κ3) is 6.73. The van der Waals surface area contributed by atoms with Gasteiger partial charge in [0, 0.05) is 57.7 Å². The number of carbonyl (C=O) groups excluding carboxylic acids is 2. The molecule has 7 nitrogen and oxygen atoms in total. The molecule has 4 aromatic carbocycles. The summed E-state index contributed by atoms with van der Waals surface area (Å²) in [5.74, 6) is -3.34. The van der Waals surface area contributed by atoms with E-state index >= 15 is 0 Å². The summed E-state index contributed by atoms with van der Waals surface area (Å²) < 4.78 is 32.6. The lowest BCUT2D eigenvalue weighted by molar-refractivity contribution is -0.192. The Labute approximate surface area is 254 Å². The number of nitrogens with one attached hydrogen (secondary N) is 1. The van der Waals surface area contributed by atoms with Crippen LogP contribution in [0.3, 0.4) is 0 Å². The molecular formula is C32H27BrF3N3O4. The lowest BCUT2D eigenvalue weighted by atomic mass is 9.92. The van der Waals surface area contributed by atoms with Crippen molar-refractivity contribution < 1.29 is 32.7 Å². The molecule has 0 atom stereocenters. The lowest BCUT2D eigenvalue weighted by Gasteiger charge is -2.33. The van der Waals surface area contributed by atoms with Gasteiger partial charge < -0.3 is 10.4 Å². The van der Waals surface area contributed by atoms with Crippen molar-refractivity contribution in [2.75, 3.05) is 23.3 Å². The molecule has 1 saturated heterocycles. The highest BCUT2D eigenvalue weighted by Crippen LogP contribution is 2.37. The maximum absolute atomic E-state index is 13.5. The smallest absolute Gasteiger partial charge is 0.475 e. The first-order chi connectivity index (χ1) is 20.5. The minimum atomic E-state index is -5.08. The highest BCUT2D eigenvalue weighted by molar-refractivity contribution is 9.10. The van der Waals surface area contributed by atoms with Gasteiger partial charge in [0.05, 0.1) is 5.69 Å². The monoisotopic (exact) mass is 653 g/mol. The molecule has 2 N–H and O–H groups in total. The van der Waals surface area contributed by atoms with Crippen LogP contribution in [0.2, 0.25) is 0 Å². The summed E-state index contributed by atoms with van der Waals surface area (Å²) >= 11 is 3.45. The summed E-state index contributed by atoms with van der Waals surface area (Å²) in [4.78, 5) is 39.6. The van der Waals surface area contributed by atoms with Gasteiger partial charge in [-0.3, -0.25) is 14.5 Å². The number of hydrogen-bond acceptors (Lipinski definition) is 5. The molecule has 0 aliphatic carbocycles. The zero-order chi connectivity index (χ0) is 30.7. The van der Waals surface area contributed by atoms with Crippen LogP contribution in [-0.2, 0) is 11.3 Å². The van der Waals surface area contributed by atoms with Gasteiger partial charge in [-0.05, 0) is 54.8 Å². The first-order valence-electron chi connectivity index (χ1n) is 13.6. The third-order valence-electron chi connectivity index (χ3n) is 7.41. The van der Waals surface area contributed by atoms with Crippen molar-refractivity contribution in [3.8, 4) is 0 Å². The molecule has 0 saturated carbocycles. The van der Waals surface area contributed by atoms with Crippen LogP contribution in [0.4, 0.5) is 24.5 Å². The zero-order valence-corrected chi connectivity index (χ0v) is 24.4. The Balaban J connectivity index is 0.000000472. The van der Waals surface area contributed by atoms with E-state index in [1.54, 1.807) is 12.1 Å². The van der Waals surface area contributed by atoms with E-state index in [1.807, 2.05) is 42.5 Å². The molecule has 1 fully saturated rings. The standard InChI is InChI=1S/C30H26BrN3O2.C2HF3O2/c31-21-8-4-9-23(18-21)34-29(35)25-11-5-10-24-27(13-12-26(28(24)25)30(34)36)32-22-14-16-33(17-15-22)19-20-6-2-1-3-7-20;3-2(4,5)1(6)7/h1-13,18,22,32H,14-17,19H2;(H,6,7). The van der Waals surface area contributed by atoms with Gasteiger partial charge in [0.1, 0.15) is 0 Å². The number of rotatable bonds is 5. The second-order valence-corrected chi connectivity index (χ2v) is 11.2. The number of carboxylic acids is 1. The van der Waals surface area contributed by atoms with E-state index in [-0.39, 0.29) is 11.8 Å². The number of aliphatic carboxylic acids is 1. The van der Waals surface area contributed by atoms with Gasteiger partial charge in [-0.1, -0.05) is 64.5 Å². The fourth-order valence-corrected chi connectivity index (χ4v) is 5.76. The van der Waals surface area contributed by atoms with Crippen molar-refractivity contribution in [1.29, 1.82) is 0 Å². The second kappa shape index (κ2) is 12.6. The average Bonchev–Trinajstić information content (AvgIpc) is 2.98. The number of hydrogen-bond donors (Lipinski definition) is 2. The number of anilines is 2. The molecule has 43 heavy (non-hydrogen) atoms. The van der Waals surface area contributed by atoms with Gasteiger partial charge in [0.15, 0.2) is 0 Å². The predicted octanol–water partition coefficient (Wildman–Crippen LogP) is 7.11. The predicted molar refractivity (Wildman–Crippen MR) is 161 cm³/mol. The highest BCUT2D eigenvalue weighted by Gasteiger charge is 2.38. The molecule has 2 aliphatic rings. The van der Waals surface area contributed by atoms with Gasteiger partial charge in [-0.2, -0.15) is 13.2 Å². The Morgan fingerprint density at radius 2 is 1.51 bits per heavy atom. The molecule has 0 radical (unpaired) electrons. The average molecular weight is 654 g/mol. The van der Waals surface area contributed by atoms with Crippen molar-refractivity contribution in [3.63, 3.8) is 0 Å². The van der Waals surface area contributed by atoms with Crippen molar-refractivity contribution in [2.24, 2.45) is 0 Å². The number of likely N-dealkylation sites (tertiary alicyclic amines) is 1. The summed E-state index contributed by atoms with van der Waals surface area (Å²) in [5, 5.41) is 12.5. The molecule has 0 spiro atoms. The van der Waals surface area contributed by atoms with Crippen LogP contribution in [0.25, 0.3) is 10.8 Å². The van der Waals surface area contributed by atoms with Crippen molar-refractivity contribution in [3.05, 3.63) is 106 Å². The molecule has 0 bridgehead atoms. The number of piperidine rings is 1. The van der Waals surface area contributed by atoms with Crippen molar-refractivity contribution >= 4 is 55.9 Å². The molecule has 11 heteroatoms. The van der Waals surface area contributed by atoms with E-state index in [2.05, 4.69) is 56.5 Å². The zero-order valence-electron chi connectivity index (χ0n) is 22.8. The number of benzene rings is 4. The van der Waals surface area contributed by atoms with Crippen LogP contribution >= 0.6 is 15.9 Å². The quantitative estimate of drug-likeness (QED) is 0.223. The Kier molecular flexibility index (Phi) is 8.84. The number of halogens is 4. The highest BCUT2D eigenvalue weighted by atomic mass is 79.9. The molecule has 0 aromatic heterocycles. The summed E-state index contributed by atoms with van der Waals surface area (Å²) in [7, 11) is 0. The van der Waals surface area contributed by atoms with E-state index < -0.39 is 12.1 Å². The number of nitrogens with zero attached hydrogens (tertiary/aromatic N) is 2. The van der Waals surface area contributed by atoms with E-state index in [0.717, 1.165) is 53.4 Å². The number of carbonyl (C=O) groups is 3. The summed E-state index contributed by atoms with van der Waals surface area (Å²) in [6.45, 7) is 3.05. The largest absolute Gasteiger partial charge is 0.490 e. The Bertz CT molecular complexity index is 1650. The normalized spacial score (nSPS) is 15.7. The number of imide groups is 1. The van der Waals surface area contributed by atoms with Gasteiger partial charge in [-0.15, -0.1) is 0 Å². The lowest BCUT2D eigenvalue weighted by Crippen LogP contribution is -2.40. The van der Waals surface area contributed by atoms with E-state index in [0.29, 0.717) is 22.9 Å². The molecule has 2 aliphatic heterocycles. The third-order valence-corrected chi connectivity index (χ3v) is 7.91. The summed E-state index contributed by atoms with van der Waals surface area (Å²) in [6, 6.07) is 27.8. The van der Waals surface area contributed by atoms with Gasteiger partial charge in [0.25, 0.3) is 11.8 Å². The van der Waals surface area contributed by atoms with Crippen LogP contribution in [-0.4, -0.2) is 53.1 Å². The van der Waals surface area contributed by atoms with E-state index in [9.17, 15) is 22.8 Å². The van der Waals surface area contributed by atoms with Crippen LogP contribution in [0.5, 0.6) is 0 Å². The molecular weight excluding hydrogens is 627 g/mol. The first-order valence-corrected chi connectivity index (χ1v) is 14.3. The van der Waals surface area contributed by atoms with Crippen LogP contribution in [0.1, 0.15) is 39.1 Å². The minimum absolute atomic E-state index is 0.289. The molecule has 0 unspecified atom stereocenters. The van der Waals surface area contributed by atoms with Crippen molar-refractivity contribution in [1.82, 2.24) is 4.90 Å². The van der Waals surface area contributed by atoms with Crippen molar-refractivity contribution in [2.45, 2.75) is 31.6 Å². The Hall–Kier alpha value is -4.22. The van der Waals surface area contributed by atoms with E-state index in [1.165, 1.54) is 10.5 Å². The fourth-order valence-electron chi connectivity index (χ4n) is 5.37. The molecule has 6 rings (SSSR count). The number of amides is 2. The number of alkyl halides is 3. The van der Waals surface area contributed by atoms with E-state index in [4.69, 9.17) is 9.90 Å². The van der Waals surface area contributed by atoms with Crippen LogP contribution in [0, 0.1) is 0 Å². The topological polar surface area (TPSA) is 89.9 Å². The maximum atomic E-state index is 13.5. The second-order valence-electron chi connectivity index (χ2n) is 10.3. The minimum Gasteiger partial charge on any atom is -0.475 e. The Morgan fingerprint density at radius 3 is 2.14 bits per heavy atom. The van der Waals surface area contributed by atoms with Gasteiger partial charge >= 0.3 is 12.1 Å². The van der Waals surface area contributed by atoms with Gasteiger partial charge in [0.2, 0.25) is 0 Å². The molecule has 2 heterocycles.